The van der Waals surface area contributed by atoms with Crippen molar-refractivity contribution in [1.82, 2.24) is 0 Å². The molecule has 1 heterocycles. The summed E-state index contributed by atoms with van der Waals surface area (Å²) < 4.78 is 22.4. The first kappa shape index (κ1) is 24.5. The number of benzene rings is 2. The van der Waals surface area contributed by atoms with Gasteiger partial charge in [-0.3, -0.25) is 0 Å². The van der Waals surface area contributed by atoms with Gasteiger partial charge in [0, 0.05) is 5.56 Å². The molecule has 1 fully saturated rings. The lowest BCUT2D eigenvalue weighted by molar-refractivity contribution is -0.0441. The van der Waals surface area contributed by atoms with Crippen molar-refractivity contribution in [3.05, 3.63) is 60.2 Å². The molecule has 8 nitrogen and oxygen atoms in total. The fourth-order valence-electron chi connectivity index (χ4n) is 3.11. The molecule has 0 aliphatic carbocycles. The Morgan fingerprint density at radius 2 is 1.15 bits per heavy atom. The molecule has 178 valence electrons. The maximum Gasteiger partial charge on any atom is 0.434 e. The van der Waals surface area contributed by atoms with Crippen molar-refractivity contribution in [3.63, 3.8) is 0 Å². The number of ether oxygens (including phenoxy) is 4. The summed E-state index contributed by atoms with van der Waals surface area (Å²) in [5.74, 6) is 0. The third-order valence-electron chi connectivity index (χ3n) is 4.37. The maximum atomic E-state index is 13.4. The number of hydrogen-bond acceptors (Lipinski definition) is 6. The molecule has 0 N–H and O–H groups in total. The molecule has 2 aromatic carbocycles. The lowest BCUT2D eigenvalue weighted by Crippen LogP contribution is -2.53. The average molecular weight is 457 g/mol. The van der Waals surface area contributed by atoms with Crippen molar-refractivity contribution in [2.24, 2.45) is 0 Å². The van der Waals surface area contributed by atoms with Gasteiger partial charge in [-0.2, -0.15) is 10.0 Å². The number of amides is 2. The third kappa shape index (κ3) is 6.69. The molecule has 0 saturated carbocycles. The monoisotopic (exact) mass is 456 g/mol. The number of hydrogen-bond donors (Lipinski definition) is 0. The first-order valence-corrected chi connectivity index (χ1v) is 10.9. The molecule has 1 aliphatic rings. The van der Waals surface area contributed by atoms with Crippen LogP contribution in [-0.4, -0.2) is 36.6 Å². The molecular formula is C25H32N2O6. The van der Waals surface area contributed by atoms with E-state index in [4.69, 9.17) is 18.9 Å². The number of rotatable bonds is 3. The summed E-state index contributed by atoms with van der Waals surface area (Å²) in [5, 5.41) is 2.35. The molecule has 0 aromatic heterocycles. The van der Waals surface area contributed by atoms with Crippen molar-refractivity contribution in [1.29, 1.82) is 0 Å². The summed E-state index contributed by atoms with van der Waals surface area (Å²) in [6.07, 6.45) is -1.89. The van der Waals surface area contributed by atoms with E-state index in [-0.39, 0.29) is 0 Å². The highest BCUT2D eigenvalue weighted by molar-refractivity contribution is 6.01. The van der Waals surface area contributed by atoms with Gasteiger partial charge in [0.05, 0.1) is 24.6 Å². The minimum atomic E-state index is -0.781. The van der Waals surface area contributed by atoms with Gasteiger partial charge in [0.25, 0.3) is 0 Å². The van der Waals surface area contributed by atoms with E-state index in [1.807, 2.05) is 6.07 Å². The van der Waals surface area contributed by atoms with Gasteiger partial charge in [0.1, 0.15) is 11.2 Å². The van der Waals surface area contributed by atoms with Gasteiger partial charge in [0.15, 0.2) is 6.29 Å². The summed E-state index contributed by atoms with van der Waals surface area (Å²) in [5.41, 5.74) is 0.121. The van der Waals surface area contributed by atoms with Crippen LogP contribution in [0.4, 0.5) is 21.0 Å². The molecule has 2 aromatic rings. The van der Waals surface area contributed by atoms with E-state index in [1.165, 1.54) is 10.0 Å². The largest absolute Gasteiger partial charge is 0.442 e. The van der Waals surface area contributed by atoms with E-state index in [0.29, 0.717) is 24.6 Å². The Bertz CT molecular complexity index is 942. The minimum absolute atomic E-state index is 0.417. The van der Waals surface area contributed by atoms with Crippen LogP contribution in [-0.2, 0) is 18.9 Å². The zero-order chi connectivity index (χ0) is 24.2. The molecule has 1 aliphatic heterocycles. The Hall–Kier alpha value is -3.10. The average Bonchev–Trinajstić information content (AvgIpc) is 3.25. The molecule has 0 radical (unpaired) electrons. The van der Waals surface area contributed by atoms with Gasteiger partial charge < -0.3 is 18.9 Å². The van der Waals surface area contributed by atoms with E-state index in [1.54, 1.807) is 90.1 Å². The van der Waals surface area contributed by atoms with Crippen LogP contribution in [0.1, 0.15) is 53.4 Å². The van der Waals surface area contributed by atoms with Crippen molar-refractivity contribution in [2.45, 2.75) is 59.0 Å². The zero-order valence-electron chi connectivity index (χ0n) is 20.0. The predicted octanol–water partition coefficient (Wildman–Crippen LogP) is 5.83. The van der Waals surface area contributed by atoms with Crippen LogP contribution in [0.3, 0.4) is 0 Å². The van der Waals surface area contributed by atoms with Crippen LogP contribution < -0.4 is 10.0 Å². The van der Waals surface area contributed by atoms with Crippen LogP contribution in [0.5, 0.6) is 0 Å². The highest BCUT2D eigenvalue weighted by Crippen LogP contribution is 2.30. The number of anilines is 2. The highest BCUT2D eigenvalue weighted by Gasteiger charge is 2.35. The molecule has 33 heavy (non-hydrogen) atoms. The molecule has 0 unspecified atom stereocenters. The van der Waals surface area contributed by atoms with Gasteiger partial charge in [-0.1, -0.05) is 30.3 Å². The van der Waals surface area contributed by atoms with Crippen LogP contribution in [0.25, 0.3) is 0 Å². The zero-order valence-corrected chi connectivity index (χ0v) is 20.0. The predicted molar refractivity (Wildman–Crippen MR) is 125 cm³/mol. The van der Waals surface area contributed by atoms with Gasteiger partial charge in [-0.25, -0.2) is 9.59 Å². The Balaban J connectivity index is 2.06. The van der Waals surface area contributed by atoms with Gasteiger partial charge in [-0.15, -0.1) is 0 Å². The SMILES string of the molecule is CC(C)(C)OC(=O)N(c1ccccc1)N(C(=O)OC(C)(C)C)c1ccc(C2OCCO2)cc1. The van der Waals surface area contributed by atoms with Gasteiger partial charge >= 0.3 is 12.2 Å². The first-order chi connectivity index (χ1) is 15.4. The number of carbonyl (C=O) groups is 2. The summed E-state index contributed by atoms with van der Waals surface area (Å²) in [4.78, 5) is 26.7. The van der Waals surface area contributed by atoms with Crippen LogP contribution in [0.2, 0.25) is 0 Å². The fourth-order valence-corrected chi connectivity index (χ4v) is 3.11. The number of carbonyl (C=O) groups excluding carboxylic acids is 2. The van der Waals surface area contributed by atoms with Crippen molar-refractivity contribution in [3.8, 4) is 0 Å². The van der Waals surface area contributed by atoms with E-state index >= 15 is 0 Å². The molecule has 0 atom stereocenters. The maximum absolute atomic E-state index is 13.4. The Kier molecular flexibility index (Phi) is 7.29. The smallest absolute Gasteiger partial charge is 0.434 e. The number of hydrazine groups is 1. The highest BCUT2D eigenvalue weighted by atomic mass is 16.7. The van der Waals surface area contributed by atoms with Crippen LogP contribution in [0.15, 0.2) is 54.6 Å². The molecule has 1 saturated heterocycles. The quantitative estimate of drug-likeness (QED) is 0.541. The topological polar surface area (TPSA) is 77.5 Å². The number of nitrogens with zero attached hydrogens (tertiary/aromatic N) is 2. The van der Waals surface area contributed by atoms with Gasteiger partial charge in [-0.05, 0) is 65.8 Å². The summed E-state index contributed by atoms with van der Waals surface area (Å²) in [6.45, 7) is 11.6. The number of para-hydroxylation sites is 1. The summed E-state index contributed by atoms with van der Waals surface area (Å²) >= 11 is 0. The molecule has 3 rings (SSSR count). The second kappa shape index (κ2) is 9.80. The lowest BCUT2D eigenvalue weighted by Gasteiger charge is -2.36. The normalized spacial score (nSPS) is 14.6. The second-order valence-corrected chi connectivity index (χ2v) is 9.58. The van der Waals surface area contributed by atoms with E-state index in [9.17, 15) is 9.59 Å². The summed E-state index contributed by atoms with van der Waals surface area (Å²) in [7, 11) is 0. The molecule has 8 heteroatoms. The lowest BCUT2D eigenvalue weighted by atomic mass is 10.2. The van der Waals surface area contributed by atoms with E-state index in [2.05, 4.69) is 0 Å². The standard InChI is InChI=1S/C25H32N2O6/c1-24(2,3)32-22(28)26(19-10-8-7-9-11-19)27(23(29)33-25(4,5)6)20-14-12-18(13-15-20)21-30-16-17-31-21/h7-15,21H,16-17H2,1-6H3. The Morgan fingerprint density at radius 1 is 0.727 bits per heavy atom. The van der Waals surface area contributed by atoms with Crippen molar-refractivity contribution >= 4 is 23.6 Å². The molecular weight excluding hydrogens is 424 g/mol. The van der Waals surface area contributed by atoms with Gasteiger partial charge in [0.2, 0.25) is 0 Å². The Morgan fingerprint density at radius 3 is 1.58 bits per heavy atom. The van der Waals surface area contributed by atoms with Crippen LogP contribution in [0, 0.1) is 0 Å². The van der Waals surface area contributed by atoms with Crippen molar-refractivity contribution in [2.75, 3.05) is 23.2 Å². The third-order valence-corrected chi connectivity index (χ3v) is 4.37. The molecule has 0 spiro atoms. The van der Waals surface area contributed by atoms with E-state index in [0.717, 1.165) is 5.56 Å². The second-order valence-electron chi connectivity index (χ2n) is 9.58. The first-order valence-electron chi connectivity index (χ1n) is 10.9. The molecule has 0 bridgehead atoms. The van der Waals surface area contributed by atoms with Crippen molar-refractivity contribution < 1.29 is 28.5 Å². The summed E-state index contributed by atoms with van der Waals surface area (Å²) in [6, 6.07) is 15.8. The Labute approximate surface area is 194 Å². The van der Waals surface area contributed by atoms with Crippen LogP contribution >= 0.6 is 0 Å². The molecule has 2 amide bonds. The fraction of sp³-hybridized carbons (Fsp3) is 0.440. The van der Waals surface area contributed by atoms with E-state index < -0.39 is 29.7 Å². The minimum Gasteiger partial charge on any atom is -0.442 e.